The summed E-state index contributed by atoms with van der Waals surface area (Å²) in [7, 11) is 0. The zero-order valence-corrected chi connectivity index (χ0v) is 22.6. The highest BCUT2D eigenvalue weighted by atomic mass is 35.5. The Labute approximate surface area is 237 Å². The summed E-state index contributed by atoms with van der Waals surface area (Å²) in [5.74, 6) is 0.555. The number of halogens is 1. The van der Waals surface area contributed by atoms with E-state index in [4.69, 9.17) is 11.6 Å². The third-order valence-electron chi connectivity index (χ3n) is 7.34. The molecule has 9 heteroatoms. The van der Waals surface area contributed by atoms with Gasteiger partial charge >= 0.3 is 0 Å². The molecule has 3 N–H and O–H groups in total. The molecule has 0 aliphatic carbocycles. The molecule has 3 heterocycles. The van der Waals surface area contributed by atoms with Gasteiger partial charge in [-0.3, -0.25) is 9.59 Å². The first-order chi connectivity index (χ1) is 19.5. The van der Waals surface area contributed by atoms with Gasteiger partial charge in [0.25, 0.3) is 5.91 Å². The minimum Gasteiger partial charge on any atom is -0.339 e. The van der Waals surface area contributed by atoms with Crippen molar-refractivity contribution in [3.63, 3.8) is 0 Å². The van der Waals surface area contributed by atoms with Crippen molar-refractivity contribution in [2.75, 3.05) is 29.0 Å². The molecule has 6 bridgehead atoms. The average molecular weight is 553 g/mol. The summed E-state index contributed by atoms with van der Waals surface area (Å²) in [5.41, 5.74) is 5.25. The number of amides is 2. The Bertz CT molecular complexity index is 1560. The van der Waals surface area contributed by atoms with Gasteiger partial charge in [-0.1, -0.05) is 41.9 Å². The smallest absolute Gasteiger partial charge is 0.253 e. The molecule has 2 aliphatic heterocycles. The van der Waals surface area contributed by atoms with E-state index in [9.17, 15) is 9.59 Å². The van der Waals surface area contributed by atoms with E-state index in [1.807, 2.05) is 60.7 Å². The van der Waals surface area contributed by atoms with Gasteiger partial charge in [-0.25, -0.2) is 4.98 Å². The molecule has 1 atom stereocenters. The number of likely N-dealkylation sites (tertiary alicyclic amines) is 1. The summed E-state index contributed by atoms with van der Waals surface area (Å²) >= 11 is 6.39. The maximum Gasteiger partial charge on any atom is 0.253 e. The number of benzene rings is 3. The van der Waals surface area contributed by atoms with Crippen LogP contribution in [-0.4, -0.2) is 39.8 Å². The van der Waals surface area contributed by atoms with Crippen LogP contribution < -0.4 is 16.0 Å². The molecule has 40 heavy (non-hydrogen) atoms. The van der Waals surface area contributed by atoms with Gasteiger partial charge < -0.3 is 20.9 Å². The van der Waals surface area contributed by atoms with Gasteiger partial charge in [0, 0.05) is 35.7 Å². The third kappa shape index (κ3) is 5.77. The number of nitrogens with one attached hydrogen (secondary N) is 3. The molecule has 2 aliphatic rings. The number of nitrogens with zero attached hydrogens (tertiary/aromatic N) is 3. The van der Waals surface area contributed by atoms with E-state index < -0.39 is 0 Å². The second-order valence-corrected chi connectivity index (χ2v) is 10.6. The zero-order valence-electron chi connectivity index (χ0n) is 21.9. The molecule has 202 valence electrons. The first-order valence-electron chi connectivity index (χ1n) is 13.5. The summed E-state index contributed by atoms with van der Waals surface area (Å²) in [5, 5.41) is 10.1. The van der Waals surface area contributed by atoms with Crippen molar-refractivity contribution in [2.24, 2.45) is 5.92 Å². The fourth-order valence-corrected chi connectivity index (χ4v) is 5.38. The maximum absolute atomic E-state index is 13.5. The number of fused-ring (bicyclic) bond motifs is 6. The number of piperidine rings is 1. The molecule has 8 nitrogen and oxygen atoms in total. The van der Waals surface area contributed by atoms with Gasteiger partial charge in [-0.15, -0.1) is 0 Å². The first kappa shape index (κ1) is 25.8. The topological polar surface area (TPSA) is 99.2 Å². The Hall–Kier alpha value is -4.43. The summed E-state index contributed by atoms with van der Waals surface area (Å²) in [6.07, 6.45) is 4.60. The lowest BCUT2D eigenvalue weighted by molar-refractivity contribution is -0.121. The van der Waals surface area contributed by atoms with Gasteiger partial charge in [-0.05, 0) is 79.3 Å². The van der Waals surface area contributed by atoms with Crippen LogP contribution in [0.2, 0.25) is 5.02 Å². The lowest BCUT2D eigenvalue weighted by atomic mass is 9.95. The van der Waals surface area contributed by atoms with Crippen molar-refractivity contribution in [3.05, 3.63) is 101 Å². The van der Waals surface area contributed by atoms with Gasteiger partial charge in [0.1, 0.15) is 5.02 Å². The van der Waals surface area contributed by atoms with Crippen molar-refractivity contribution < 1.29 is 9.59 Å². The SMILES string of the molecule is O=C(Nc1ccc2cc1CCc1cccc(c1)Nc1ncc(Cl)c(n1)N2)C1CCCN(C(=O)c2ccccc2)C1. The van der Waals surface area contributed by atoms with Crippen LogP contribution in [-0.2, 0) is 17.6 Å². The van der Waals surface area contributed by atoms with Gasteiger partial charge in [-0.2, -0.15) is 4.98 Å². The van der Waals surface area contributed by atoms with Crippen LogP contribution in [0.3, 0.4) is 0 Å². The molecule has 1 aromatic heterocycles. The van der Waals surface area contributed by atoms with Gasteiger partial charge in [0.2, 0.25) is 11.9 Å². The molecule has 0 spiro atoms. The number of rotatable bonds is 3. The quantitative estimate of drug-likeness (QED) is 0.279. The number of hydrogen-bond acceptors (Lipinski definition) is 6. The fraction of sp³-hybridized carbons (Fsp3) is 0.226. The largest absolute Gasteiger partial charge is 0.339 e. The molecular weight excluding hydrogens is 524 g/mol. The molecular formula is C31H29ClN6O2. The Morgan fingerprint density at radius 2 is 1.80 bits per heavy atom. The minimum absolute atomic E-state index is 0.0326. The number of aromatic nitrogens is 2. The number of aryl methyl sites for hydroxylation is 2. The fourth-order valence-electron chi connectivity index (χ4n) is 5.24. The van der Waals surface area contributed by atoms with Gasteiger partial charge in [0.15, 0.2) is 5.82 Å². The Balaban J connectivity index is 1.24. The van der Waals surface area contributed by atoms with E-state index in [2.05, 4.69) is 38.1 Å². The Kier molecular flexibility index (Phi) is 7.33. The standard InChI is InChI=1S/C31H29ClN6O2/c32-26-18-33-31-35-24-10-4-6-20(16-24)11-12-22-17-25(34-28(26)37-31)13-14-27(22)36-29(39)23-9-5-15-38(19-23)30(40)21-7-2-1-3-8-21/h1-4,6-8,10,13-14,16-18,23H,5,9,11-12,15,19H2,(H,36,39)(H2,33,34,35,37). The van der Waals surface area contributed by atoms with Crippen LogP contribution in [0.15, 0.2) is 79.0 Å². The highest BCUT2D eigenvalue weighted by Gasteiger charge is 2.29. The molecule has 2 amide bonds. The number of carbonyl (C=O) groups is 2. The summed E-state index contributed by atoms with van der Waals surface area (Å²) < 4.78 is 0. The van der Waals surface area contributed by atoms with Crippen LogP contribution in [0.5, 0.6) is 0 Å². The molecule has 1 fully saturated rings. The Morgan fingerprint density at radius 1 is 0.950 bits per heavy atom. The molecule has 1 unspecified atom stereocenters. The summed E-state index contributed by atoms with van der Waals surface area (Å²) in [6, 6.07) is 23.2. The second kappa shape index (κ2) is 11.4. The number of carbonyl (C=O) groups excluding carboxylic acids is 2. The monoisotopic (exact) mass is 552 g/mol. The van der Waals surface area contributed by atoms with E-state index in [1.165, 1.54) is 0 Å². The minimum atomic E-state index is -0.276. The Morgan fingerprint density at radius 3 is 2.67 bits per heavy atom. The predicted molar refractivity (Wildman–Crippen MR) is 158 cm³/mol. The van der Waals surface area contributed by atoms with Crippen LogP contribution in [0, 0.1) is 5.92 Å². The molecule has 3 aromatic carbocycles. The molecule has 4 aromatic rings. The van der Waals surface area contributed by atoms with E-state index in [0.717, 1.165) is 53.9 Å². The van der Waals surface area contributed by atoms with Crippen LogP contribution in [0.1, 0.15) is 34.3 Å². The number of hydrogen-bond donors (Lipinski definition) is 3. The lowest BCUT2D eigenvalue weighted by Gasteiger charge is -2.32. The van der Waals surface area contributed by atoms with Gasteiger partial charge in [0.05, 0.1) is 12.1 Å². The van der Waals surface area contributed by atoms with Crippen molar-refractivity contribution >= 4 is 52.2 Å². The van der Waals surface area contributed by atoms with E-state index in [0.29, 0.717) is 35.4 Å². The van der Waals surface area contributed by atoms with Crippen LogP contribution >= 0.6 is 11.6 Å². The van der Waals surface area contributed by atoms with E-state index >= 15 is 0 Å². The predicted octanol–water partition coefficient (Wildman–Crippen LogP) is 6.21. The van der Waals surface area contributed by atoms with Crippen molar-refractivity contribution in [1.82, 2.24) is 14.9 Å². The lowest BCUT2D eigenvalue weighted by Crippen LogP contribution is -2.43. The van der Waals surface area contributed by atoms with Crippen molar-refractivity contribution in [3.8, 4) is 0 Å². The normalized spacial score (nSPS) is 16.3. The summed E-state index contributed by atoms with van der Waals surface area (Å²) in [6.45, 7) is 1.06. The summed E-state index contributed by atoms with van der Waals surface area (Å²) in [4.78, 5) is 37.1. The third-order valence-corrected chi connectivity index (χ3v) is 7.61. The van der Waals surface area contributed by atoms with Crippen LogP contribution in [0.4, 0.5) is 28.8 Å². The molecule has 6 rings (SSSR count). The van der Waals surface area contributed by atoms with Crippen LogP contribution in [0.25, 0.3) is 0 Å². The molecule has 0 saturated carbocycles. The molecule has 0 radical (unpaired) electrons. The highest BCUT2D eigenvalue weighted by molar-refractivity contribution is 6.32. The van der Waals surface area contributed by atoms with Crippen molar-refractivity contribution in [1.29, 1.82) is 0 Å². The highest BCUT2D eigenvalue weighted by Crippen LogP contribution is 2.30. The number of anilines is 5. The second-order valence-electron chi connectivity index (χ2n) is 10.2. The average Bonchev–Trinajstić information content (AvgIpc) is 2.99. The maximum atomic E-state index is 13.5. The van der Waals surface area contributed by atoms with E-state index in [-0.39, 0.29) is 17.7 Å². The van der Waals surface area contributed by atoms with E-state index in [1.54, 1.807) is 11.1 Å². The first-order valence-corrected chi connectivity index (χ1v) is 13.8. The van der Waals surface area contributed by atoms with Crippen molar-refractivity contribution in [2.45, 2.75) is 25.7 Å². The molecule has 1 saturated heterocycles. The zero-order chi connectivity index (χ0) is 27.5.